The topological polar surface area (TPSA) is 45.2 Å². The monoisotopic (exact) mass is 376 g/mol. The summed E-state index contributed by atoms with van der Waals surface area (Å²) in [6.07, 6.45) is 7.85. The highest BCUT2D eigenvalue weighted by Crippen LogP contribution is 2.29. The third-order valence-electron chi connectivity index (χ3n) is 6.22. The molecule has 0 unspecified atom stereocenters. The summed E-state index contributed by atoms with van der Waals surface area (Å²) in [4.78, 5) is 5.16. The van der Waals surface area contributed by atoms with Crippen LogP contribution in [0.5, 0.6) is 11.5 Å². The summed E-state index contributed by atoms with van der Waals surface area (Å²) in [6, 6.07) is 6.65. The fourth-order valence-electron chi connectivity index (χ4n) is 4.70. The summed E-state index contributed by atoms with van der Waals surface area (Å²) in [5, 5.41) is 9.57. The highest BCUT2D eigenvalue weighted by atomic mass is 16.5. The minimum atomic E-state index is 0.274. The van der Waals surface area contributed by atoms with Crippen molar-refractivity contribution in [2.24, 2.45) is 5.92 Å². The van der Waals surface area contributed by atoms with Gasteiger partial charge in [0.2, 0.25) is 0 Å². The van der Waals surface area contributed by atoms with E-state index in [1.807, 2.05) is 6.07 Å². The molecular weight excluding hydrogens is 340 g/mol. The van der Waals surface area contributed by atoms with Crippen molar-refractivity contribution in [3.05, 3.63) is 23.8 Å². The molecule has 0 radical (unpaired) electrons. The molecule has 2 fully saturated rings. The predicted molar refractivity (Wildman–Crippen MR) is 108 cm³/mol. The zero-order chi connectivity index (χ0) is 19.1. The highest BCUT2D eigenvalue weighted by Gasteiger charge is 2.29. The normalized spacial score (nSPS) is 22.7. The van der Waals surface area contributed by atoms with Gasteiger partial charge in [0.1, 0.15) is 0 Å². The Bertz CT molecular complexity index is 575. The van der Waals surface area contributed by atoms with Gasteiger partial charge < -0.3 is 14.6 Å². The van der Waals surface area contributed by atoms with Gasteiger partial charge in [0.05, 0.1) is 14.2 Å². The van der Waals surface area contributed by atoms with Crippen molar-refractivity contribution in [3.8, 4) is 11.5 Å². The van der Waals surface area contributed by atoms with Gasteiger partial charge in [0.15, 0.2) is 11.5 Å². The van der Waals surface area contributed by atoms with E-state index in [1.165, 1.54) is 44.2 Å². The summed E-state index contributed by atoms with van der Waals surface area (Å²) >= 11 is 0. The maximum absolute atomic E-state index is 9.57. The lowest BCUT2D eigenvalue weighted by Crippen LogP contribution is -2.54. The Morgan fingerprint density at radius 3 is 2.52 bits per heavy atom. The van der Waals surface area contributed by atoms with Crippen LogP contribution < -0.4 is 9.47 Å². The van der Waals surface area contributed by atoms with Crippen LogP contribution in [-0.2, 0) is 6.54 Å². The highest BCUT2D eigenvalue weighted by molar-refractivity contribution is 5.42. The molecule has 1 aromatic carbocycles. The summed E-state index contributed by atoms with van der Waals surface area (Å²) in [6.45, 7) is 5.63. The lowest BCUT2D eigenvalue weighted by molar-refractivity contribution is 0.0400. The Morgan fingerprint density at radius 1 is 1.04 bits per heavy atom. The maximum atomic E-state index is 9.57. The van der Waals surface area contributed by atoms with E-state index in [0.717, 1.165) is 50.0 Å². The number of aliphatic hydroxyl groups is 1. The Morgan fingerprint density at radius 2 is 1.81 bits per heavy atom. The molecule has 152 valence electrons. The number of rotatable bonds is 8. The van der Waals surface area contributed by atoms with E-state index in [2.05, 4.69) is 21.9 Å². The van der Waals surface area contributed by atoms with Crippen molar-refractivity contribution in [1.29, 1.82) is 0 Å². The van der Waals surface area contributed by atoms with Gasteiger partial charge >= 0.3 is 0 Å². The smallest absolute Gasteiger partial charge is 0.161 e. The third kappa shape index (κ3) is 5.59. The number of piperazine rings is 1. The minimum Gasteiger partial charge on any atom is -0.493 e. The Kier molecular flexibility index (Phi) is 7.80. The van der Waals surface area contributed by atoms with Gasteiger partial charge in [-0.25, -0.2) is 0 Å². The first-order valence-corrected chi connectivity index (χ1v) is 10.5. The van der Waals surface area contributed by atoms with Crippen LogP contribution in [0.2, 0.25) is 0 Å². The second kappa shape index (κ2) is 10.3. The second-order valence-electron chi connectivity index (χ2n) is 8.09. The van der Waals surface area contributed by atoms with Gasteiger partial charge in [-0.05, 0) is 42.9 Å². The zero-order valence-corrected chi connectivity index (χ0v) is 17.0. The van der Waals surface area contributed by atoms with Crippen molar-refractivity contribution >= 4 is 0 Å². The molecule has 1 atom stereocenters. The summed E-state index contributed by atoms with van der Waals surface area (Å²) < 4.78 is 10.8. The average molecular weight is 377 g/mol. The van der Waals surface area contributed by atoms with E-state index < -0.39 is 0 Å². The Hall–Kier alpha value is -1.30. The number of nitrogens with zero attached hydrogens (tertiary/aromatic N) is 2. The molecule has 1 aliphatic carbocycles. The molecular formula is C22H36N2O3. The second-order valence-corrected chi connectivity index (χ2v) is 8.09. The molecule has 27 heavy (non-hydrogen) atoms. The number of benzene rings is 1. The van der Waals surface area contributed by atoms with Crippen LogP contribution in [0, 0.1) is 5.92 Å². The molecule has 1 saturated carbocycles. The molecule has 5 heteroatoms. The van der Waals surface area contributed by atoms with Crippen molar-refractivity contribution in [1.82, 2.24) is 9.80 Å². The van der Waals surface area contributed by atoms with Crippen LogP contribution in [0.3, 0.4) is 0 Å². The molecule has 1 aromatic rings. The van der Waals surface area contributed by atoms with Crippen molar-refractivity contribution in [2.75, 3.05) is 47.0 Å². The van der Waals surface area contributed by atoms with Crippen LogP contribution in [0.15, 0.2) is 18.2 Å². The van der Waals surface area contributed by atoms with E-state index in [1.54, 1.807) is 14.2 Å². The molecule has 2 aliphatic rings. The fourth-order valence-corrected chi connectivity index (χ4v) is 4.70. The van der Waals surface area contributed by atoms with Crippen LogP contribution in [0.1, 0.15) is 44.1 Å². The molecule has 1 heterocycles. The zero-order valence-electron chi connectivity index (χ0n) is 17.0. The van der Waals surface area contributed by atoms with E-state index >= 15 is 0 Å². The number of methoxy groups -OCH3 is 2. The number of ether oxygens (including phenoxy) is 2. The summed E-state index contributed by atoms with van der Waals surface area (Å²) in [5.74, 6) is 2.42. The molecule has 3 rings (SSSR count). The van der Waals surface area contributed by atoms with Gasteiger partial charge in [0, 0.05) is 45.4 Å². The van der Waals surface area contributed by atoms with Crippen LogP contribution in [0.25, 0.3) is 0 Å². The first-order valence-electron chi connectivity index (χ1n) is 10.5. The minimum absolute atomic E-state index is 0.274. The molecule has 5 nitrogen and oxygen atoms in total. The van der Waals surface area contributed by atoms with Gasteiger partial charge in [0.25, 0.3) is 0 Å². The van der Waals surface area contributed by atoms with Gasteiger partial charge in [-0.3, -0.25) is 9.80 Å². The van der Waals surface area contributed by atoms with Crippen molar-refractivity contribution in [3.63, 3.8) is 0 Å². The lowest BCUT2D eigenvalue weighted by atomic mass is 9.88. The lowest BCUT2D eigenvalue weighted by Gasteiger charge is -2.43. The van der Waals surface area contributed by atoms with Crippen molar-refractivity contribution < 1.29 is 14.6 Å². The quantitative estimate of drug-likeness (QED) is 0.755. The van der Waals surface area contributed by atoms with E-state index in [4.69, 9.17) is 9.47 Å². The van der Waals surface area contributed by atoms with E-state index in [0.29, 0.717) is 6.04 Å². The molecule has 1 saturated heterocycles. The van der Waals surface area contributed by atoms with Crippen LogP contribution in [-0.4, -0.2) is 68.0 Å². The largest absolute Gasteiger partial charge is 0.493 e. The first-order chi connectivity index (χ1) is 13.2. The van der Waals surface area contributed by atoms with Gasteiger partial charge in [-0.2, -0.15) is 0 Å². The van der Waals surface area contributed by atoms with Gasteiger partial charge in [-0.1, -0.05) is 25.3 Å². The molecule has 0 spiro atoms. The maximum Gasteiger partial charge on any atom is 0.161 e. The van der Waals surface area contributed by atoms with Crippen LogP contribution >= 0.6 is 0 Å². The predicted octanol–water partition coefficient (Wildman–Crippen LogP) is 3.15. The molecule has 0 aromatic heterocycles. The summed E-state index contributed by atoms with van der Waals surface area (Å²) in [5.41, 5.74) is 1.25. The first kappa shape index (κ1) is 20.4. The van der Waals surface area contributed by atoms with Gasteiger partial charge in [-0.15, -0.1) is 0 Å². The standard InChI is InChI=1S/C22H36N2O3/c1-26-21-9-8-19(14-22(21)27-2)15-23-11-12-24(20(17-23)10-13-25)16-18-6-4-3-5-7-18/h8-9,14,18,20,25H,3-7,10-13,15-17H2,1-2H3/t20-/m0/s1. The average Bonchev–Trinajstić information content (AvgIpc) is 2.71. The summed E-state index contributed by atoms with van der Waals surface area (Å²) in [7, 11) is 3.35. The third-order valence-corrected chi connectivity index (χ3v) is 6.22. The van der Waals surface area contributed by atoms with E-state index in [-0.39, 0.29) is 6.61 Å². The Balaban J connectivity index is 1.58. The fraction of sp³-hybridized carbons (Fsp3) is 0.727. The number of hydrogen-bond donors (Lipinski definition) is 1. The van der Waals surface area contributed by atoms with Crippen molar-refractivity contribution in [2.45, 2.75) is 51.1 Å². The molecule has 1 N–H and O–H groups in total. The molecule has 0 amide bonds. The number of hydrogen-bond acceptors (Lipinski definition) is 5. The number of aliphatic hydroxyl groups excluding tert-OH is 1. The van der Waals surface area contributed by atoms with E-state index in [9.17, 15) is 5.11 Å². The Labute approximate surface area is 164 Å². The molecule has 0 bridgehead atoms. The molecule has 1 aliphatic heterocycles. The SMILES string of the molecule is COc1ccc(CN2CCN(CC3CCCCC3)[C@@H](CCO)C2)cc1OC. The van der Waals surface area contributed by atoms with Crippen LogP contribution in [0.4, 0.5) is 0 Å².